The van der Waals surface area contributed by atoms with Gasteiger partial charge < -0.3 is 10.2 Å². The molecule has 0 saturated carbocycles. The molecule has 0 radical (unpaired) electrons. The van der Waals surface area contributed by atoms with Crippen molar-refractivity contribution in [2.75, 3.05) is 18.0 Å². The van der Waals surface area contributed by atoms with Crippen molar-refractivity contribution in [3.63, 3.8) is 0 Å². The van der Waals surface area contributed by atoms with E-state index in [4.69, 9.17) is 0 Å². The van der Waals surface area contributed by atoms with Crippen LogP contribution in [-0.4, -0.2) is 24.0 Å². The first-order valence-corrected chi connectivity index (χ1v) is 7.85. The summed E-state index contributed by atoms with van der Waals surface area (Å²) in [6, 6.07) is 14.7. The Morgan fingerprint density at radius 3 is 2.77 bits per heavy atom. The van der Waals surface area contributed by atoms with Crippen LogP contribution in [0.5, 0.6) is 0 Å². The molecule has 1 amide bonds. The fourth-order valence-corrected chi connectivity index (χ4v) is 3.02. The van der Waals surface area contributed by atoms with Crippen LogP contribution >= 0.6 is 0 Å². The van der Waals surface area contributed by atoms with Gasteiger partial charge in [-0.05, 0) is 37.5 Å². The molecule has 0 spiro atoms. The molecular formula is C18H21N3O. The molecule has 1 unspecified atom stereocenters. The van der Waals surface area contributed by atoms with E-state index in [0.717, 1.165) is 18.8 Å². The Kier molecular flexibility index (Phi) is 4.37. The summed E-state index contributed by atoms with van der Waals surface area (Å²) in [4.78, 5) is 18.6. The third-order valence-electron chi connectivity index (χ3n) is 4.08. The van der Waals surface area contributed by atoms with Crippen molar-refractivity contribution >= 4 is 11.7 Å². The lowest BCUT2D eigenvalue weighted by Crippen LogP contribution is -2.25. The molecule has 1 aliphatic heterocycles. The average molecular weight is 295 g/mol. The molecule has 1 saturated heterocycles. The van der Waals surface area contributed by atoms with Crippen LogP contribution in [0.25, 0.3) is 0 Å². The molecule has 4 heteroatoms. The maximum atomic E-state index is 11.8. The van der Waals surface area contributed by atoms with Gasteiger partial charge in [0.2, 0.25) is 0 Å². The number of amides is 1. The lowest BCUT2D eigenvalue weighted by atomic mass is 10.0. The zero-order chi connectivity index (χ0) is 15.4. The van der Waals surface area contributed by atoms with Gasteiger partial charge in [-0.15, -0.1) is 0 Å². The molecule has 1 atom stereocenters. The van der Waals surface area contributed by atoms with Gasteiger partial charge in [-0.25, -0.2) is 4.98 Å². The second-order valence-corrected chi connectivity index (χ2v) is 5.53. The van der Waals surface area contributed by atoms with Gasteiger partial charge in [0.15, 0.2) is 0 Å². The minimum absolute atomic E-state index is 0.0671. The molecule has 1 aliphatic rings. The Morgan fingerprint density at radius 2 is 2.09 bits per heavy atom. The number of carbonyl (C=O) groups excluding carboxylic acids is 1. The number of hydrogen-bond acceptors (Lipinski definition) is 3. The molecule has 2 aromatic rings. The van der Waals surface area contributed by atoms with Crippen LogP contribution in [0.15, 0.2) is 48.7 Å². The van der Waals surface area contributed by atoms with E-state index in [-0.39, 0.29) is 5.91 Å². The predicted molar refractivity (Wildman–Crippen MR) is 88.0 cm³/mol. The van der Waals surface area contributed by atoms with Gasteiger partial charge in [0.25, 0.3) is 5.91 Å². The molecule has 4 nitrogen and oxygen atoms in total. The summed E-state index contributed by atoms with van der Waals surface area (Å²) in [6.07, 6.45) is 3.98. The van der Waals surface area contributed by atoms with E-state index in [0.29, 0.717) is 18.2 Å². The average Bonchev–Trinajstić information content (AvgIpc) is 3.06. The summed E-state index contributed by atoms with van der Waals surface area (Å²) in [7, 11) is 0. The topological polar surface area (TPSA) is 45.2 Å². The quantitative estimate of drug-likeness (QED) is 0.942. The number of nitrogens with one attached hydrogen (secondary N) is 1. The normalized spacial score (nSPS) is 17.5. The SMILES string of the molecule is CCNC(=O)c1ccc(N2CCCC2c2ccccc2)nc1. The second kappa shape index (κ2) is 6.60. The molecule has 114 valence electrons. The number of benzene rings is 1. The van der Waals surface area contributed by atoms with Crippen LogP contribution in [0.1, 0.15) is 41.7 Å². The van der Waals surface area contributed by atoms with Crippen molar-refractivity contribution in [2.24, 2.45) is 0 Å². The fourth-order valence-electron chi connectivity index (χ4n) is 3.02. The molecule has 0 bridgehead atoms. The summed E-state index contributed by atoms with van der Waals surface area (Å²) in [5.41, 5.74) is 1.94. The molecular weight excluding hydrogens is 274 g/mol. The number of nitrogens with zero attached hydrogens (tertiary/aromatic N) is 2. The maximum Gasteiger partial charge on any atom is 0.252 e. The highest BCUT2D eigenvalue weighted by Gasteiger charge is 2.26. The number of pyridine rings is 1. The Balaban J connectivity index is 1.80. The molecule has 1 aromatic carbocycles. The molecule has 1 N–H and O–H groups in total. The predicted octanol–water partition coefficient (Wildman–Crippen LogP) is 3.17. The molecule has 1 fully saturated rings. The lowest BCUT2D eigenvalue weighted by molar-refractivity contribution is 0.0955. The number of anilines is 1. The molecule has 3 rings (SSSR count). The van der Waals surface area contributed by atoms with Crippen LogP contribution < -0.4 is 10.2 Å². The monoisotopic (exact) mass is 295 g/mol. The fraction of sp³-hybridized carbons (Fsp3) is 0.333. The Labute approximate surface area is 131 Å². The molecule has 22 heavy (non-hydrogen) atoms. The zero-order valence-corrected chi connectivity index (χ0v) is 12.8. The van der Waals surface area contributed by atoms with E-state index in [2.05, 4.69) is 39.5 Å². The number of carbonyl (C=O) groups is 1. The standard InChI is InChI=1S/C18H21N3O/c1-2-19-18(22)15-10-11-17(20-13-15)21-12-6-9-16(21)14-7-4-3-5-8-14/h3-5,7-8,10-11,13,16H,2,6,9,12H2,1H3,(H,19,22). The van der Waals surface area contributed by atoms with E-state index in [1.54, 1.807) is 6.20 Å². The Morgan fingerprint density at radius 1 is 1.27 bits per heavy atom. The van der Waals surface area contributed by atoms with Gasteiger partial charge in [-0.1, -0.05) is 30.3 Å². The molecule has 2 heterocycles. The van der Waals surface area contributed by atoms with Gasteiger partial charge in [-0.3, -0.25) is 4.79 Å². The van der Waals surface area contributed by atoms with Crippen LogP contribution in [0.4, 0.5) is 5.82 Å². The highest BCUT2D eigenvalue weighted by atomic mass is 16.1. The third kappa shape index (κ3) is 2.96. The minimum atomic E-state index is -0.0671. The summed E-state index contributed by atoms with van der Waals surface area (Å²) in [5, 5.41) is 2.79. The van der Waals surface area contributed by atoms with E-state index in [1.165, 1.54) is 12.0 Å². The summed E-state index contributed by atoms with van der Waals surface area (Å²) >= 11 is 0. The van der Waals surface area contributed by atoms with Crippen LogP contribution in [0, 0.1) is 0 Å². The van der Waals surface area contributed by atoms with E-state index < -0.39 is 0 Å². The van der Waals surface area contributed by atoms with Crippen LogP contribution in [-0.2, 0) is 0 Å². The Hall–Kier alpha value is -2.36. The van der Waals surface area contributed by atoms with Crippen molar-refractivity contribution in [1.82, 2.24) is 10.3 Å². The van der Waals surface area contributed by atoms with Crippen molar-refractivity contribution in [3.8, 4) is 0 Å². The first-order valence-electron chi connectivity index (χ1n) is 7.85. The first-order chi connectivity index (χ1) is 10.8. The maximum absolute atomic E-state index is 11.8. The van der Waals surface area contributed by atoms with Crippen molar-refractivity contribution in [2.45, 2.75) is 25.8 Å². The van der Waals surface area contributed by atoms with Crippen molar-refractivity contribution in [1.29, 1.82) is 0 Å². The van der Waals surface area contributed by atoms with Gasteiger partial charge in [0.05, 0.1) is 11.6 Å². The van der Waals surface area contributed by atoms with E-state index in [1.807, 2.05) is 25.1 Å². The lowest BCUT2D eigenvalue weighted by Gasteiger charge is -2.26. The molecule has 1 aromatic heterocycles. The summed E-state index contributed by atoms with van der Waals surface area (Å²) in [5.74, 6) is 0.877. The number of aromatic nitrogens is 1. The van der Waals surface area contributed by atoms with Gasteiger partial charge >= 0.3 is 0 Å². The second-order valence-electron chi connectivity index (χ2n) is 5.53. The smallest absolute Gasteiger partial charge is 0.252 e. The highest BCUT2D eigenvalue weighted by Crippen LogP contribution is 2.34. The highest BCUT2D eigenvalue weighted by molar-refractivity contribution is 5.94. The zero-order valence-electron chi connectivity index (χ0n) is 12.8. The van der Waals surface area contributed by atoms with E-state index >= 15 is 0 Å². The third-order valence-corrected chi connectivity index (χ3v) is 4.08. The summed E-state index contributed by atoms with van der Waals surface area (Å²) in [6.45, 7) is 3.55. The van der Waals surface area contributed by atoms with Crippen molar-refractivity contribution < 1.29 is 4.79 Å². The summed E-state index contributed by atoms with van der Waals surface area (Å²) < 4.78 is 0. The first kappa shape index (κ1) is 14.6. The Bertz CT molecular complexity index is 625. The van der Waals surface area contributed by atoms with Crippen molar-refractivity contribution in [3.05, 3.63) is 59.8 Å². The van der Waals surface area contributed by atoms with Gasteiger partial charge in [0, 0.05) is 19.3 Å². The number of hydrogen-bond donors (Lipinski definition) is 1. The molecule has 0 aliphatic carbocycles. The largest absolute Gasteiger partial charge is 0.352 e. The van der Waals surface area contributed by atoms with Gasteiger partial charge in [0.1, 0.15) is 5.82 Å². The van der Waals surface area contributed by atoms with Crippen LogP contribution in [0.3, 0.4) is 0 Å². The minimum Gasteiger partial charge on any atom is -0.352 e. The number of rotatable bonds is 4. The van der Waals surface area contributed by atoms with E-state index in [9.17, 15) is 4.79 Å². The van der Waals surface area contributed by atoms with Crippen LogP contribution in [0.2, 0.25) is 0 Å². The van der Waals surface area contributed by atoms with Gasteiger partial charge in [-0.2, -0.15) is 0 Å².